The minimum atomic E-state index is -0.768. The van der Waals surface area contributed by atoms with E-state index in [0.717, 1.165) is 19.3 Å². The molecule has 1 aliphatic carbocycles. The molecule has 1 aromatic heterocycles. The number of carboxylic acid groups (broad SMARTS) is 1. The summed E-state index contributed by atoms with van der Waals surface area (Å²) in [4.78, 5) is 27.3. The Bertz CT molecular complexity index is 518. The molecule has 1 amide bonds. The number of pyridine rings is 1. The maximum absolute atomic E-state index is 12.2. The van der Waals surface area contributed by atoms with Crippen LogP contribution in [0.5, 0.6) is 5.75 Å². The Morgan fingerprint density at radius 3 is 2.90 bits per heavy atom. The van der Waals surface area contributed by atoms with Gasteiger partial charge in [0.15, 0.2) is 0 Å². The van der Waals surface area contributed by atoms with E-state index in [1.807, 2.05) is 0 Å². The Labute approximate surface area is 123 Å². The predicted octanol–water partition coefficient (Wildman–Crippen LogP) is 1.71. The zero-order chi connectivity index (χ0) is 15.2. The third kappa shape index (κ3) is 3.71. The number of ether oxygens (including phenoxy) is 1. The van der Waals surface area contributed by atoms with Crippen LogP contribution in [0.3, 0.4) is 0 Å². The van der Waals surface area contributed by atoms with Gasteiger partial charge in [0.1, 0.15) is 5.75 Å². The molecule has 6 nitrogen and oxygen atoms in total. The number of carbonyl (C=O) groups is 2. The largest absolute Gasteiger partial charge is 0.494 e. The first-order valence-corrected chi connectivity index (χ1v) is 7.12. The molecule has 2 atom stereocenters. The summed E-state index contributed by atoms with van der Waals surface area (Å²) in [7, 11) is 1.48. The molecule has 1 heterocycles. The van der Waals surface area contributed by atoms with Crippen molar-refractivity contribution in [2.75, 3.05) is 13.7 Å². The van der Waals surface area contributed by atoms with Crippen molar-refractivity contribution in [3.05, 3.63) is 24.0 Å². The van der Waals surface area contributed by atoms with Gasteiger partial charge >= 0.3 is 5.97 Å². The third-order valence-corrected chi connectivity index (χ3v) is 4.00. The van der Waals surface area contributed by atoms with Gasteiger partial charge in [0.05, 0.1) is 24.8 Å². The summed E-state index contributed by atoms with van der Waals surface area (Å²) in [6, 6.07) is 1.59. The quantitative estimate of drug-likeness (QED) is 0.862. The Morgan fingerprint density at radius 1 is 1.43 bits per heavy atom. The lowest BCUT2D eigenvalue weighted by atomic mass is 9.79. The van der Waals surface area contributed by atoms with Gasteiger partial charge < -0.3 is 15.2 Å². The Hall–Kier alpha value is -2.11. The molecular formula is C15H20N2O4. The highest BCUT2D eigenvalue weighted by atomic mass is 16.5. The molecule has 0 aliphatic heterocycles. The number of methoxy groups -OCH3 is 1. The minimum Gasteiger partial charge on any atom is -0.494 e. The number of amides is 1. The van der Waals surface area contributed by atoms with Gasteiger partial charge in [-0.25, -0.2) is 0 Å². The number of aliphatic carboxylic acids is 1. The summed E-state index contributed by atoms with van der Waals surface area (Å²) in [6.45, 7) is 0.376. The van der Waals surface area contributed by atoms with Crippen molar-refractivity contribution in [1.29, 1.82) is 0 Å². The van der Waals surface area contributed by atoms with Crippen LogP contribution in [0.4, 0.5) is 0 Å². The fraction of sp³-hybridized carbons (Fsp3) is 0.533. The van der Waals surface area contributed by atoms with Crippen molar-refractivity contribution in [3.63, 3.8) is 0 Å². The van der Waals surface area contributed by atoms with Crippen molar-refractivity contribution >= 4 is 11.9 Å². The summed E-state index contributed by atoms with van der Waals surface area (Å²) in [6.07, 6.45) is 6.50. The molecule has 1 aliphatic rings. The first kappa shape index (κ1) is 15.3. The van der Waals surface area contributed by atoms with Crippen molar-refractivity contribution in [3.8, 4) is 5.75 Å². The lowest BCUT2D eigenvalue weighted by Gasteiger charge is -2.28. The molecule has 114 valence electrons. The smallest absolute Gasteiger partial charge is 0.306 e. The molecule has 2 unspecified atom stereocenters. The zero-order valence-corrected chi connectivity index (χ0v) is 12.0. The number of carbonyl (C=O) groups excluding carboxylic acids is 1. The van der Waals surface area contributed by atoms with E-state index in [0.29, 0.717) is 24.3 Å². The van der Waals surface area contributed by atoms with Gasteiger partial charge in [-0.15, -0.1) is 0 Å². The van der Waals surface area contributed by atoms with Crippen molar-refractivity contribution < 1.29 is 19.4 Å². The molecule has 6 heteroatoms. The van der Waals surface area contributed by atoms with E-state index < -0.39 is 5.97 Å². The van der Waals surface area contributed by atoms with Crippen LogP contribution in [0.2, 0.25) is 0 Å². The molecule has 2 N–H and O–H groups in total. The third-order valence-electron chi connectivity index (χ3n) is 4.00. The van der Waals surface area contributed by atoms with Gasteiger partial charge in [-0.3, -0.25) is 14.6 Å². The first-order valence-electron chi connectivity index (χ1n) is 7.12. The normalized spacial score (nSPS) is 21.6. The maximum atomic E-state index is 12.2. The minimum absolute atomic E-state index is 0.00645. The standard InChI is InChI=1S/C15H20N2O4/c1-21-13-9-16-7-6-12(13)14(18)17-8-10-4-2-3-5-11(10)15(19)20/h6-7,9-11H,2-5,8H2,1H3,(H,17,18)(H,19,20). The summed E-state index contributed by atoms with van der Waals surface area (Å²) < 4.78 is 5.10. The maximum Gasteiger partial charge on any atom is 0.306 e. The lowest BCUT2D eigenvalue weighted by Crippen LogP contribution is -2.37. The van der Waals surface area contributed by atoms with Crippen LogP contribution in [0, 0.1) is 11.8 Å². The number of nitrogens with zero attached hydrogens (tertiary/aromatic N) is 1. The van der Waals surface area contributed by atoms with Gasteiger partial charge in [0, 0.05) is 12.7 Å². The van der Waals surface area contributed by atoms with E-state index in [1.54, 1.807) is 6.07 Å². The fourth-order valence-corrected chi connectivity index (χ4v) is 2.83. The number of carboxylic acids is 1. The van der Waals surface area contributed by atoms with Crippen molar-refractivity contribution in [2.24, 2.45) is 11.8 Å². The Kier molecular flexibility index (Phi) is 5.14. The van der Waals surface area contributed by atoms with Gasteiger partial charge in [0.25, 0.3) is 5.91 Å². The molecule has 0 saturated heterocycles. The van der Waals surface area contributed by atoms with E-state index in [1.165, 1.54) is 19.5 Å². The van der Waals surface area contributed by atoms with E-state index in [2.05, 4.69) is 10.3 Å². The Morgan fingerprint density at radius 2 is 2.19 bits per heavy atom. The highest BCUT2D eigenvalue weighted by Crippen LogP contribution is 2.29. The van der Waals surface area contributed by atoms with Crippen LogP contribution in [0.25, 0.3) is 0 Å². The molecule has 1 aromatic rings. The molecular weight excluding hydrogens is 272 g/mol. The topological polar surface area (TPSA) is 88.5 Å². The summed E-state index contributed by atoms with van der Waals surface area (Å²) >= 11 is 0. The van der Waals surface area contributed by atoms with Crippen LogP contribution in [0.1, 0.15) is 36.0 Å². The van der Waals surface area contributed by atoms with Gasteiger partial charge in [-0.05, 0) is 24.8 Å². The molecule has 21 heavy (non-hydrogen) atoms. The Balaban J connectivity index is 1.98. The number of hydrogen-bond donors (Lipinski definition) is 2. The van der Waals surface area contributed by atoms with Gasteiger partial charge in [-0.2, -0.15) is 0 Å². The summed E-state index contributed by atoms with van der Waals surface area (Å²) in [5.74, 6) is -0.987. The number of hydrogen-bond acceptors (Lipinski definition) is 4. The van der Waals surface area contributed by atoms with Gasteiger partial charge in [-0.1, -0.05) is 12.8 Å². The van der Waals surface area contributed by atoms with E-state index >= 15 is 0 Å². The summed E-state index contributed by atoms with van der Waals surface area (Å²) in [5, 5.41) is 12.1. The molecule has 2 rings (SSSR count). The van der Waals surface area contributed by atoms with Crippen LogP contribution in [-0.4, -0.2) is 35.6 Å². The van der Waals surface area contributed by atoms with Crippen molar-refractivity contribution in [2.45, 2.75) is 25.7 Å². The number of aromatic nitrogens is 1. The summed E-state index contributed by atoms with van der Waals surface area (Å²) in [5.41, 5.74) is 0.412. The van der Waals surface area contributed by atoms with E-state index in [9.17, 15) is 14.7 Å². The zero-order valence-electron chi connectivity index (χ0n) is 12.0. The number of nitrogens with one attached hydrogen (secondary N) is 1. The molecule has 0 aromatic carbocycles. The number of rotatable bonds is 5. The SMILES string of the molecule is COc1cnccc1C(=O)NCC1CCCCC1C(=O)O. The lowest BCUT2D eigenvalue weighted by molar-refractivity contribution is -0.144. The average Bonchev–Trinajstić information content (AvgIpc) is 2.52. The second-order valence-electron chi connectivity index (χ2n) is 5.28. The average molecular weight is 292 g/mol. The molecule has 0 bridgehead atoms. The highest BCUT2D eigenvalue weighted by Gasteiger charge is 2.31. The second-order valence-corrected chi connectivity index (χ2v) is 5.28. The van der Waals surface area contributed by atoms with E-state index in [-0.39, 0.29) is 17.7 Å². The molecule has 1 fully saturated rings. The van der Waals surface area contributed by atoms with Crippen molar-refractivity contribution in [1.82, 2.24) is 10.3 Å². The van der Waals surface area contributed by atoms with Crippen LogP contribution >= 0.6 is 0 Å². The second kappa shape index (κ2) is 7.06. The first-order chi connectivity index (χ1) is 10.1. The monoisotopic (exact) mass is 292 g/mol. The molecule has 0 spiro atoms. The van der Waals surface area contributed by atoms with E-state index in [4.69, 9.17) is 4.74 Å². The fourth-order valence-electron chi connectivity index (χ4n) is 2.83. The van der Waals surface area contributed by atoms with Gasteiger partial charge in [0.2, 0.25) is 0 Å². The van der Waals surface area contributed by atoms with Crippen LogP contribution in [0.15, 0.2) is 18.5 Å². The predicted molar refractivity (Wildman–Crippen MR) is 76.2 cm³/mol. The molecule has 0 radical (unpaired) electrons. The van der Waals surface area contributed by atoms with Crippen LogP contribution < -0.4 is 10.1 Å². The highest BCUT2D eigenvalue weighted by molar-refractivity contribution is 5.96. The van der Waals surface area contributed by atoms with Crippen LogP contribution in [-0.2, 0) is 4.79 Å². The molecule has 1 saturated carbocycles.